The van der Waals surface area contributed by atoms with Gasteiger partial charge in [0, 0.05) is 5.56 Å². The summed E-state index contributed by atoms with van der Waals surface area (Å²) in [5, 5.41) is 2.25. The molecule has 3 rings (SSSR count). The van der Waals surface area contributed by atoms with Crippen molar-refractivity contribution in [3.05, 3.63) is 89.5 Å². The van der Waals surface area contributed by atoms with Gasteiger partial charge < -0.3 is 0 Å². The van der Waals surface area contributed by atoms with Crippen LogP contribution in [0.3, 0.4) is 0 Å². The molecule has 110 valence electrons. The van der Waals surface area contributed by atoms with Gasteiger partial charge in [-0.15, -0.1) is 0 Å². The Morgan fingerprint density at radius 3 is 2.35 bits per heavy atom. The standard InChI is InChI=1S/C22H16O/c1-17(23)21(16-18-8-3-2-4-9-18)15-14-20-12-7-11-19-10-5-6-13-22(19)20/h2-13,16H,1H3/b21-16+. The van der Waals surface area contributed by atoms with Gasteiger partial charge in [-0.1, -0.05) is 78.6 Å². The third-order valence-electron chi connectivity index (χ3n) is 3.61. The maximum absolute atomic E-state index is 11.9. The quantitative estimate of drug-likeness (QED) is 0.487. The van der Waals surface area contributed by atoms with Crippen LogP contribution in [0.4, 0.5) is 0 Å². The number of benzene rings is 3. The first-order valence-electron chi connectivity index (χ1n) is 7.51. The normalized spacial score (nSPS) is 10.9. The molecule has 1 heteroatoms. The van der Waals surface area contributed by atoms with Gasteiger partial charge in [0.2, 0.25) is 0 Å². The van der Waals surface area contributed by atoms with Crippen molar-refractivity contribution < 1.29 is 4.79 Å². The van der Waals surface area contributed by atoms with E-state index in [1.54, 1.807) is 6.92 Å². The van der Waals surface area contributed by atoms with Gasteiger partial charge in [-0.25, -0.2) is 0 Å². The van der Waals surface area contributed by atoms with E-state index in [0.717, 1.165) is 21.9 Å². The lowest BCUT2D eigenvalue weighted by atomic mass is 10.0. The lowest BCUT2D eigenvalue weighted by Crippen LogP contribution is -1.93. The third kappa shape index (κ3) is 3.56. The summed E-state index contributed by atoms with van der Waals surface area (Å²) in [4.78, 5) is 11.9. The summed E-state index contributed by atoms with van der Waals surface area (Å²) in [6.45, 7) is 1.55. The fourth-order valence-corrected chi connectivity index (χ4v) is 2.41. The minimum absolute atomic E-state index is 0.0263. The Labute approximate surface area is 136 Å². The van der Waals surface area contributed by atoms with Crippen LogP contribution >= 0.6 is 0 Å². The second kappa shape index (κ2) is 6.77. The minimum atomic E-state index is -0.0263. The van der Waals surface area contributed by atoms with Crippen molar-refractivity contribution in [3.8, 4) is 11.8 Å². The Bertz CT molecular complexity index is 932. The molecule has 1 nitrogen and oxygen atoms in total. The fraction of sp³-hybridized carbons (Fsp3) is 0.0455. The van der Waals surface area contributed by atoms with E-state index in [0.29, 0.717) is 5.57 Å². The monoisotopic (exact) mass is 296 g/mol. The van der Waals surface area contributed by atoms with E-state index >= 15 is 0 Å². The zero-order valence-corrected chi connectivity index (χ0v) is 12.9. The van der Waals surface area contributed by atoms with E-state index in [4.69, 9.17) is 0 Å². The minimum Gasteiger partial charge on any atom is -0.294 e. The molecular weight excluding hydrogens is 280 g/mol. The topological polar surface area (TPSA) is 17.1 Å². The Morgan fingerprint density at radius 1 is 0.870 bits per heavy atom. The zero-order chi connectivity index (χ0) is 16.1. The van der Waals surface area contributed by atoms with Crippen molar-refractivity contribution in [1.29, 1.82) is 0 Å². The largest absolute Gasteiger partial charge is 0.294 e. The average molecular weight is 296 g/mol. The van der Waals surface area contributed by atoms with E-state index in [-0.39, 0.29) is 5.78 Å². The van der Waals surface area contributed by atoms with E-state index in [1.165, 1.54) is 0 Å². The number of Topliss-reactive ketones (excluding diaryl/α,β-unsaturated/α-hetero) is 1. The molecule has 0 aliphatic rings. The van der Waals surface area contributed by atoms with Crippen molar-refractivity contribution in [2.24, 2.45) is 0 Å². The molecule has 0 N–H and O–H groups in total. The number of hydrogen-bond donors (Lipinski definition) is 0. The fourth-order valence-electron chi connectivity index (χ4n) is 2.41. The number of rotatable bonds is 2. The molecule has 0 aliphatic carbocycles. The number of carbonyl (C=O) groups excluding carboxylic acids is 1. The average Bonchev–Trinajstić information content (AvgIpc) is 2.59. The summed E-state index contributed by atoms with van der Waals surface area (Å²) < 4.78 is 0. The van der Waals surface area contributed by atoms with Crippen LogP contribution in [-0.2, 0) is 4.79 Å². The second-order valence-corrected chi connectivity index (χ2v) is 5.30. The summed E-state index contributed by atoms with van der Waals surface area (Å²) in [6, 6.07) is 23.9. The van der Waals surface area contributed by atoms with Crippen LogP contribution < -0.4 is 0 Å². The van der Waals surface area contributed by atoms with Gasteiger partial charge in [-0.2, -0.15) is 0 Å². The van der Waals surface area contributed by atoms with Crippen LogP contribution in [0.5, 0.6) is 0 Å². The first-order valence-corrected chi connectivity index (χ1v) is 7.51. The molecule has 0 radical (unpaired) electrons. The van der Waals surface area contributed by atoms with Crippen LogP contribution in [0.25, 0.3) is 16.8 Å². The van der Waals surface area contributed by atoms with Gasteiger partial charge in [0.15, 0.2) is 5.78 Å². The highest BCUT2D eigenvalue weighted by Gasteiger charge is 2.01. The predicted molar refractivity (Wildman–Crippen MR) is 95.9 cm³/mol. The maximum atomic E-state index is 11.9. The summed E-state index contributed by atoms with van der Waals surface area (Å²) >= 11 is 0. The molecule has 0 fully saturated rings. The Kier molecular flexibility index (Phi) is 4.36. The number of fused-ring (bicyclic) bond motifs is 1. The van der Waals surface area contributed by atoms with E-state index in [9.17, 15) is 4.79 Å². The number of carbonyl (C=O) groups is 1. The molecule has 0 saturated heterocycles. The molecule has 0 aromatic heterocycles. The summed E-state index contributed by atoms with van der Waals surface area (Å²) in [7, 11) is 0. The number of ketones is 1. The predicted octanol–water partition coefficient (Wildman–Crippen LogP) is 4.86. The molecule has 23 heavy (non-hydrogen) atoms. The second-order valence-electron chi connectivity index (χ2n) is 5.30. The van der Waals surface area contributed by atoms with Gasteiger partial charge in [0.05, 0.1) is 5.57 Å². The molecule has 3 aromatic rings. The van der Waals surface area contributed by atoms with Crippen molar-refractivity contribution in [3.63, 3.8) is 0 Å². The molecular formula is C22H16O. The van der Waals surface area contributed by atoms with Crippen LogP contribution in [0, 0.1) is 11.8 Å². The van der Waals surface area contributed by atoms with Gasteiger partial charge in [0.1, 0.15) is 0 Å². The van der Waals surface area contributed by atoms with E-state index < -0.39 is 0 Å². The summed E-state index contributed by atoms with van der Waals surface area (Å²) in [6.07, 6.45) is 1.83. The lowest BCUT2D eigenvalue weighted by Gasteiger charge is -2.00. The Morgan fingerprint density at radius 2 is 1.57 bits per heavy atom. The summed E-state index contributed by atoms with van der Waals surface area (Å²) in [5.74, 6) is 6.16. The molecule has 0 amide bonds. The summed E-state index contributed by atoms with van der Waals surface area (Å²) in [5.41, 5.74) is 2.43. The number of allylic oxidation sites excluding steroid dienone is 1. The highest BCUT2D eigenvalue weighted by molar-refractivity contribution is 6.02. The van der Waals surface area contributed by atoms with Crippen LogP contribution in [-0.4, -0.2) is 5.78 Å². The van der Waals surface area contributed by atoms with E-state index in [2.05, 4.69) is 24.0 Å². The van der Waals surface area contributed by atoms with Crippen molar-refractivity contribution >= 4 is 22.6 Å². The maximum Gasteiger partial charge on any atom is 0.168 e. The first kappa shape index (κ1) is 14.8. The van der Waals surface area contributed by atoms with Gasteiger partial charge in [-0.05, 0) is 35.4 Å². The van der Waals surface area contributed by atoms with Gasteiger partial charge in [-0.3, -0.25) is 4.79 Å². The number of hydrogen-bond acceptors (Lipinski definition) is 1. The van der Waals surface area contributed by atoms with Crippen molar-refractivity contribution in [2.45, 2.75) is 6.92 Å². The first-order chi connectivity index (χ1) is 11.2. The van der Waals surface area contributed by atoms with Crippen LogP contribution in [0.2, 0.25) is 0 Å². The molecule has 0 heterocycles. The van der Waals surface area contributed by atoms with Crippen LogP contribution in [0.1, 0.15) is 18.1 Å². The molecule has 0 saturated carbocycles. The molecule has 0 atom stereocenters. The zero-order valence-electron chi connectivity index (χ0n) is 12.9. The molecule has 0 bridgehead atoms. The molecule has 0 aliphatic heterocycles. The third-order valence-corrected chi connectivity index (χ3v) is 3.61. The highest BCUT2D eigenvalue weighted by Crippen LogP contribution is 2.17. The highest BCUT2D eigenvalue weighted by atomic mass is 16.1. The smallest absolute Gasteiger partial charge is 0.168 e. The van der Waals surface area contributed by atoms with Crippen molar-refractivity contribution in [1.82, 2.24) is 0 Å². The Hall–Kier alpha value is -3.11. The van der Waals surface area contributed by atoms with Crippen molar-refractivity contribution in [2.75, 3.05) is 0 Å². The molecule has 0 spiro atoms. The van der Waals surface area contributed by atoms with Gasteiger partial charge in [0.25, 0.3) is 0 Å². The van der Waals surface area contributed by atoms with Gasteiger partial charge >= 0.3 is 0 Å². The Balaban J connectivity index is 2.03. The molecule has 3 aromatic carbocycles. The molecule has 0 unspecified atom stereocenters. The van der Waals surface area contributed by atoms with E-state index in [1.807, 2.05) is 66.7 Å². The lowest BCUT2D eigenvalue weighted by molar-refractivity contribution is -0.113. The van der Waals surface area contributed by atoms with Crippen LogP contribution in [0.15, 0.2) is 78.4 Å². The SMILES string of the molecule is CC(=O)/C(C#Cc1cccc2ccccc12)=C/c1ccccc1.